The summed E-state index contributed by atoms with van der Waals surface area (Å²) in [4.78, 5) is 12.2. The van der Waals surface area contributed by atoms with Gasteiger partial charge in [-0.05, 0) is 18.2 Å². The van der Waals surface area contributed by atoms with Gasteiger partial charge in [0.25, 0.3) is 5.56 Å². The monoisotopic (exact) mass is 323 g/mol. The molecule has 2 aromatic heterocycles. The van der Waals surface area contributed by atoms with E-state index >= 15 is 0 Å². The molecule has 0 fully saturated rings. The molecular formula is C13H11ClFN5O2. The Kier molecular flexibility index (Phi) is 3.76. The molecule has 0 spiro atoms. The first-order valence-corrected chi connectivity index (χ1v) is 6.77. The Bertz CT molecular complexity index is 892. The van der Waals surface area contributed by atoms with Crippen molar-refractivity contribution in [3.63, 3.8) is 0 Å². The molecule has 3 rings (SSSR count). The summed E-state index contributed by atoms with van der Waals surface area (Å²) in [7, 11) is 1.68. The zero-order chi connectivity index (χ0) is 15.7. The van der Waals surface area contributed by atoms with E-state index in [2.05, 4.69) is 15.4 Å². The van der Waals surface area contributed by atoms with Crippen LogP contribution < -0.4 is 10.3 Å². The fraction of sp³-hybridized carbons (Fsp3) is 0.231. The van der Waals surface area contributed by atoms with Gasteiger partial charge in [0.15, 0.2) is 5.65 Å². The predicted octanol–water partition coefficient (Wildman–Crippen LogP) is 1.40. The van der Waals surface area contributed by atoms with Gasteiger partial charge in [0.05, 0.1) is 17.8 Å². The molecule has 0 bridgehead atoms. The summed E-state index contributed by atoms with van der Waals surface area (Å²) in [5.41, 5.74) is 0.121. The zero-order valence-electron chi connectivity index (χ0n) is 11.5. The molecule has 0 N–H and O–H groups in total. The van der Waals surface area contributed by atoms with Crippen LogP contribution in [0.2, 0.25) is 5.02 Å². The molecule has 0 amide bonds. The molecule has 0 atom stereocenters. The maximum absolute atomic E-state index is 12.9. The van der Waals surface area contributed by atoms with E-state index in [1.165, 1.54) is 27.7 Å². The quantitative estimate of drug-likeness (QED) is 0.725. The number of ether oxygens (including phenoxy) is 1. The Balaban J connectivity index is 1.74. The molecule has 0 aliphatic heterocycles. The summed E-state index contributed by atoms with van der Waals surface area (Å²) in [6, 6.07) is 3.83. The van der Waals surface area contributed by atoms with E-state index in [9.17, 15) is 9.18 Å². The van der Waals surface area contributed by atoms with Crippen molar-refractivity contribution < 1.29 is 9.13 Å². The molecule has 0 saturated heterocycles. The third-order valence-electron chi connectivity index (χ3n) is 3.07. The van der Waals surface area contributed by atoms with Crippen LogP contribution in [0.5, 0.6) is 5.75 Å². The van der Waals surface area contributed by atoms with Crippen molar-refractivity contribution in [1.82, 2.24) is 24.8 Å². The lowest BCUT2D eigenvalue weighted by Crippen LogP contribution is -2.26. The number of hydrogen-bond donors (Lipinski definition) is 0. The summed E-state index contributed by atoms with van der Waals surface area (Å²) in [5.74, 6) is -0.104. The average Bonchev–Trinajstić information content (AvgIpc) is 2.86. The highest BCUT2D eigenvalue weighted by molar-refractivity contribution is 6.32. The molecular weight excluding hydrogens is 313 g/mol. The van der Waals surface area contributed by atoms with Crippen LogP contribution in [0.1, 0.15) is 0 Å². The van der Waals surface area contributed by atoms with Crippen LogP contribution in [0, 0.1) is 5.82 Å². The van der Waals surface area contributed by atoms with Gasteiger partial charge in [-0.3, -0.25) is 4.79 Å². The van der Waals surface area contributed by atoms with E-state index in [4.69, 9.17) is 16.3 Å². The number of hydrogen-bond acceptors (Lipinski definition) is 5. The molecule has 22 heavy (non-hydrogen) atoms. The van der Waals surface area contributed by atoms with Crippen molar-refractivity contribution in [2.75, 3.05) is 6.61 Å². The minimum atomic E-state index is -0.443. The van der Waals surface area contributed by atoms with Crippen LogP contribution in [0.15, 0.2) is 29.2 Å². The van der Waals surface area contributed by atoms with Crippen molar-refractivity contribution in [3.05, 3.63) is 45.6 Å². The first-order chi connectivity index (χ1) is 10.6. The molecule has 0 saturated carbocycles. The first kappa shape index (κ1) is 14.5. The molecule has 0 unspecified atom stereocenters. The third kappa shape index (κ3) is 2.64. The van der Waals surface area contributed by atoms with Gasteiger partial charge >= 0.3 is 0 Å². The second-order valence-corrected chi connectivity index (χ2v) is 4.95. The molecule has 0 radical (unpaired) electrons. The number of nitrogens with zero attached hydrogens (tertiary/aromatic N) is 5. The summed E-state index contributed by atoms with van der Waals surface area (Å²) >= 11 is 5.85. The lowest BCUT2D eigenvalue weighted by molar-refractivity contribution is 0.285. The van der Waals surface area contributed by atoms with Crippen molar-refractivity contribution in [2.45, 2.75) is 6.54 Å². The summed E-state index contributed by atoms with van der Waals surface area (Å²) in [6.45, 7) is 0.329. The lowest BCUT2D eigenvalue weighted by atomic mass is 10.3. The highest BCUT2D eigenvalue weighted by atomic mass is 35.5. The Morgan fingerprint density at radius 2 is 2.23 bits per heavy atom. The fourth-order valence-electron chi connectivity index (χ4n) is 1.96. The van der Waals surface area contributed by atoms with E-state index in [1.807, 2.05) is 0 Å². The van der Waals surface area contributed by atoms with Crippen LogP contribution in [0.3, 0.4) is 0 Å². The number of fused-ring (bicyclic) bond motifs is 1. The van der Waals surface area contributed by atoms with E-state index < -0.39 is 5.82 Å². The highest BCUT2D eigenvalue weighted by Crippen LogP contribution is 2.24. The average molecular weight is 324 g/mol. The normalized spacial score (nSPS) is 11.0. The van der Waals surface area contributed by atoms with Gasteiger partial charge in [-0.15, -0.1) is 5.10 Å². The number of aromatic nitrogens is 5. The SMILES string of the molecule is Cn1ncc2c(=O)n(CCOc3ccc(F)cc3Cl)nnc21. The van der Waals surface area contributed by atoms with Gasteiger partial charge in [0, 0.05) is 7.05 Å². The van der Waals surface area contributed by atoms with Gasteiger partial charge in [-0.1, -0.05) is 16.8 Å². The number of aryl methyl sites for hydroxylation is 1. The summed E-state index contributed by atoms with van der Waals surface area (Å²) in [5, 5.41) is 12.3. The van der Waals surface area contributed by atoms with Crippen molar-refractivity contribution in [3.8, 4) is 5.75 Å². The van der Waals surface area contributed by atoms with Crippen molar-refractivity contribution in [2.24, 2.45) is 7.05 Å². The van der Waals surface area contributed by atoms with Crippen LogP contribution in [-0.4, -0.2) is 31.4 Å². The number of benzene rings is 1. The van der Waals surface area contributed by atoms with Crippen LogP contribution in [0.25, 0.3) is 11.0 Å². The minimum Gasteiger partial charge on any atom is -0.490 e. The van der Waals surface area contributed by atoms with Crippen LogP contribution in [0.4, 0.5) is 4.39 Å². The topological polar surface area (TPSA) is 74.8 Å². The number of rotatable bonds is 4. The van der Waals surface area contributed by atoms with E-state index in [1.54, 1.807) is 7.05 Å². The van der Waals surface area contributed by atoms with Crippen molar-refractivity contribution in [1.29, 1.82) is 0 Å². The van der Waals surface area contributed by atoms with Gasteiger partial charge in [0.2, 0.25) is 0 Å². The largest absolute Gasteiger partial charge is 0.490 e. The molecule has 3 aromatic rings. The highest BCUT2D eigenvalue weighted by Gasteiger charge is 2.10. The smallest absolute Gasteiger partial charge is 0.280 e. The second-order valence-electron chi connectivity index (χ2n) is 4.55. The standard InChI is InChI=1S/C13H11ClFN5O2/c1-19-12-9(7-16-19)13(21)20(18-17-12)4-5-22-11-3-2-8(15)6-10(11)14/h2-3,6-7H,4-5H2,1H3. The van der Waals surface area contributed by atoms with Gasteiger partial charge < -0.3 is 4.74 Å². The molecule has 114 valence electrons. The van der Waals surface area contributed by atoms with E-state index in [-0.39, 0.29) is 23.7 Å². The Morgan fingerprint density at radius 1 is 1.41 bits per heavy atom. The Labute approximate surface area is 128 Å². The molecule has 1 aromatic carbocycles. The third-order valence-corrected chi connectivity index (χ3v) is 3.37. The molecule has 2 heterocycles. The lowest BCUT2D eigenvalue weighted by Gasteiger charge is -2.08. The second kappa shape index (κ2) is 5.72. The maximum Gasteiger partial charge on any atom is 0.280 e. The van der Waals surface area contributed by atoms with Crippen LogP contribution >= 0.6 is 11.6 Å². The van der Waals surface area contributed by atoms with Crippen molar-refractivity contribution >= 4 is 22.6 Å². The van der Waals surface area contributed by atoms with E-state index in [0.29, 0.717) is 16.8 Å². The predicted molar refractivity (Wildman–Crippen MR) is 77.5 cm³/mol. The molecule has 0 aliphatic rings. The van der Waals surface area contributed by atoms with Gasteiger partial charge in [0.1, 0.15) is 23.6 Å². The van der Waals surface area contributed by atoms with Gasteiger partial charge in [-0.2, -0.15) is 5.10 Å². The summed E-state index contributed by atoms with van der Waals surface area (Å²) < 4.78 is 21.0. The summed E-state index contributed by atoms with van der Waals surface area (Å²) in [6.07, 6.45) is 1.44. The molecule has 0 aliphatic carbocycles. The van der Waals surface area contributed by atoms with E-state index in [0.717, 1.165) is 6.07 Å². The zero-order valence-corrected chi connectivity index (χ0v) is 12.3. The first-order valence-electron chi connectivity index (χ1n) is 6.39. The minimum absolute atomic E-state index is 0.145. The molecule has 9 heteroatoms. The van der Waals surface area contributed by atoms with Gasteiger partial charge in [-0.25, -0.2) is 13.8 Å². The number of halogens is 2. The Morgan fingerprint density at radius 3 is 3.00 bits per heavy atom. The van der Waals surface area contributed by atoms with Crippen LogP contribution in [-0.2, 0) is 13.6 Å². The molecule has 7 nitrogen and oxygen atoms in total. The Hall–Kier alpha value is -2.48. The maximum atomic E-state index is 12.9. The fourth-order valence-corrected chi connectivity index (χ4v) is 2.18.